The second-order valence-electron chi connectivity index (χ2n) is 5.73. The van der Waals surface area contributed by atoms with Gasteiger partial charge in [-0.1, -0.05) is 23.4 Å². The third-order valence-corrected chi connectivity index (χ3v) is 5.27. The summed E-state index contributed by atoms with van der Waals surface area (Å²) in [5, 5.41) is 3.68. The van der Waals surface area contributed by atoms with E-state index < -0.39 is 10.0 Å². The van der Waals surface area contributed by atoms with Gasteiger partial charge in [-0.3, -0.25) is 4.72 Å². The summed E-state index contributed by atoms with van der Waals surface area (Å²) in [5.74, 6) is 0.811. The van der Waals surface area contributed by atoms with E-state index >= 15 is 0 Å². The van der Waals surface area contributed by atoms with Crippen LogP contribution in [0.3, 0.4) is 0 Å². The fourth-order valence-corrected chi connectivity index (χ4v) is 4.02. The first-order valence-corrected chi connectivity index (χ1v) is 9.30. The first-order chi connectivity index (χ1) is 12.3. The third kappa shape index (κ3) is 3.52. The maximum atomic E-state index is 12.7. The molecule has 0 amide bonds. The fourth-order valence-electron chi connectivity index (χ4n) is 2.52. The minimum atomic E-state index is -3.88. The summed E-state index contributed by atoms with van der Waals surface area (Å²) >= 11 is 0. The molecule has 3 aromatic rings. The highest BCUT2D eigenvalue weighted by Gasteiger charge is 2.26. The first-order valence-electron chi connectivity index (χ1n) is 7.82. The van der Waals surface area contributed by atoms with Gasteiger partial charge in [0.25, 0.3) is 10.0 Å². The molecule has 0 spiro atoms. The molecule has 3 rings (SSSR count). The summed E-state index contributed by atoms with van der Waals surface area (Å²) in [6, 6.07) is 9.25. The van der Waals surface area contributed by atoms with Crippen molar-refractivity contribution < 1.29 is 17.7 Å². The normalized spacial score (nSPS) is 11.4. The molecule has 8 nitrogen and oxygen atoms in total. The summed E-state index contributed by atoms with van der Waals surface area (Å²) in [7, 11) is -3.88. The van der Waals surface area contributed by atoms with Gasteiger partial charge in [-0.2, -0.15) is 9.97 Å². The molecule has 9 heteroatoms. The van der Waals surface area contributed by atoms with Crippen molar-refractivity contribution in [3.05, 3.63) is 53.2 Å². The van der Waals surface area contributed by atoms with Crippen molar-refractivity contribution in [2.75, 3.05) is 4.72 Å². The Labute approximate surface area is 151 Å². The van der Waals surface area contributed by atoms with E-state index in [0.717, 1.165) is 0 Å². The van der Waals surface area contributed by atoms with E-state index in [9.17, 15) is 8.42 Å². The molecule has 0 aliphatic heterocycles. The Hall–Kier alpha value is -2.94. The molecular formula is C17H18N4O4S. The summed E-state index contributed by atoms with van der Waals surface area (Å²) in [6.45, 7) is 6.47. The molecule has 26 heavy (non-hydrogen) atoms. The van der Waals surface area contributed by atoms with E-state index in [1.54, 1.807) is 39.8 Å². The smallest absolute Gasteiger partial charge is 0.322 e. The average molecular weight is 374 g/mol. The maximum absolute atomic E-state index is 12.7. The maximum Gasteiger partial charge on any atom is 0.322 e. The van der Waals surface area contributed by atoms with Gasteiger partial charge in [0.2, 0.25) is 0 Å². The van der Waals surface area contributed by atoms with Gasteiger partial charge in [-0.25, -0.2) is 8.42 Å². The number of anilines is 1. The summed E-state index contributed by atoms with van der Waals surface area (Å²) in [4.78, 5) is 8.50. The number of hydrogen-bond acceptors (Lipinski definition) is 7. The highest BCUT2D eigenvalue weighted by Crippen LogP contribution is 2.27. The zero-order valence-electron chi connectivity index (χ0n) is 14.8. The van der Waals surface area contributed by atoms with Gasteiger partial charge in [-0.05, 0) is 39.8 Å². The van der Waals surface area contributed by atoms with Crippen molar-refractivity contribution in [1.82, 2.24) is 15.1 Å². The highest BCUT2D eigenvalue weighted by atomic mass is 32.2. The number of para-hydroxylation sites is 1. The molecule has 0 unspecified atom stereocenters. The number of nitrogens with one attached hydrogen (secondary N) is 1. The van der Waals surface area contributed by atoms with Crippen LogP contribution in [0.5, 0.6) is 11.8 Å². The van der Waals surface area contributed by atoms with Crippen LogP contribution in [0.25, 0.3) is 0 Å². The molecule has 136 valence electrons. The summed E-state index contributed by atoms with van der Waals surface area (Å²) in [6.07, 6.45) is 0. The minimum absolute atomic E-state index is 0.0147. The van der Waals surface area contributed by atoms with E-state index in [4.69, 9.17) is 9.26 Å². The lowest BCUT2D eigenvalue weighted by atomic mass is 10.3. The zero-order valence-corrected chi connectivity index (χ0v) is 15.6. The molecular weight excluding hydrogens is 356 g/mol. The first kappa shape index (κ1) is 17.9. The lowest BCUT2D eigenvalue weighted by Crippen LogP contribution is -2.17. The molecule has 0 bridgehead atoms. The number of rotatable bonds is 5. The fraction of sp³-hybridized carbons (Fsp3) is 0.235. The molecule has 0 fully saturated rings. The SMILES string of the molecule is Cc1nc(Oc2ccccc2)nc(C)c1NS(=O)(=O)c1c(C)noc1C. The van der Waals surface area contributed by atoms with Gasteiger partial charge >= 0.3 is 6.01 Å². The summed E-state index contributed by atoms with van der Waals surface area (Å²) in [5.41, 5.74) is 1.47. The molecule has 0 aliphatic rings. The Balaban J connectivity index is 1.92. The number of benzene rings is 1. The monoisotopic (exact) mass is 374 g/mol. The van der Waals surface area contributed by atoms with Gasteiger partial charge in [0, 0.05) is 0 Å². The van der Waals surface area contributed by atoms with Crippen LogP contribution < -0.4 is 9.46 Å². The van der Waals surface area contributed by atoms with Crippen LogP contribution >= 0.6 is 0 Å². The van der Waals surface area contributed by atoms with Crippen LogP contribution in [-0.2, 0) is 10.0 Å². The number of hydrogen-bond donors (Lipinski definition) is 1. The number of aromatic nitrogens is 3. The molecule has 2 aromatic heterocycles. The molecule has 0 atom stereocenters. The van der Waals surface area contributed by atoms with Crippen molar-refractivity contribution >= 4 is 15.7 Å². The third-order valence-electron chi connectivity index (χ3n) is 3.68. The van der Waals surface area contributed by atoms with E-state index in [1.807, 2.05) is 18.2 Å². The van der Waals surface area contributed by atoms with E-state index in [2.05, 4.69) is 19.8 Å². The van der Waals surface area contributed by atoms with Gasteiger partial charge in [0.15, 0.2) is 10.7 Å². The second kappa shape index (κ2) is 6.75. The van der Waals surface area contributed by atoms with Crippen LogP contribution in [0.2, 0.25) is 0 Å². The molecule has 2 heterocycles. The standard InChI is InChI=1S/C17H18N4O4S/c1-10-15(21-26(22,23)16-12(3)20-25-13(16)4)11(2)19-17(18-10)24-14-8-6-5-7-9-14/h5-9,21H,1-4H3. The van der Waals surface area contributed by atoms with Crippen LogP contribution in [0, 0.1) is 27.7 Å². The Morgan fingerprint density at radius 1 is 0.962 bits per heavy atom. The topological polar surface area (TPSA) is 107 Å². The molecule has 0 radical (unpaired) electrons. The van der Waals surface area contributed by atoms with Crippen LogP contribution in [0.15, 0.2) is 39.8 Å². The van der Waals surface area contributed by atoms with Gasteiger partial charge in [-0.15, -0.1) is 0 Å². The predicted octanol–water partition coefficient (Wildman–Crippen LogP) is 3.29. The number of ether oxygens (including phenoxy) is 1. The Morgan fingerprint density at radius 2 is 1.58 bits per heavy atom. The van der Waals surface area contributed by atoms with Gasteiger partial charge in [0.05, 0.1) is 17.1 Å². The van der Waals surface area contributed by atoms with Crippen LogP contribution in [-0.4, -0.2) is 23.5 Å². The molecule has 0 aliphatic carbocycles. The number of aryl methyl sites for hydroxylation is 4. The van der Waals surface area contributed by atoms with Crippen molar-refractivity contribution in [2.24, 2.45) is 0 Å². The van der Waals surface area contributed by atoms with Crippen LogP contribution in [0.4, 0.5) is 5.69 Å². The Bertz CT molecular complexity index is 1000. The van der Waals surface area contributed by atoms with Crippen molar-refractivity contribution in [2.45, 2.75) is 32.6 Å². The number of sulfonamides is 1. The quantitative estimate of drug-likeness (QED) is 0.730. The van der Waals surface area contributed by atoms with Gasteiger partial charge in [0.1, 0.15) is 11.4 Å². The highest BCUT2D eigenvalue weighted by molar-refractivity contribution is 7.92. The lowest BCUT2D eigenvalue weighted by Gasteiger charge is -2.13. The Morgan fingerprint density at radius 3 is 2.12 bits per heavy atom. The Kier molecular flexibility index (Phi) is 4.64. The second-order valence-corrected chi connectivity index (χ2v) is 7.35. The van der Waals surface area contributed by atoms with E-state index in [-0.39, 0.29) is 22.4 Å². The largest absolute Gasteiger partial charge is 0.424 e. The molecule has 1 N–H and O–H groups in total. The summed E-state index contributed by atoms with van der Waals surface area (Å²) < 4.78 is 38.5. The molecule has 1 aromatic carbocycles. The van der Waals surface area contributed by atoms with E-state index in [0.29, 0.717) is 22.8 Å². The average Bonchev–Trinajstić information content (AvgIpc) is 2.91. The molecule has 0 saturated carbocycles. The van der Waals surface area contributed by atoms with Crippen molar-refractivity contribution in [3.63, 3.8) is 0 Å². The van der Waals surface area contributed by atoms with Crippen molar-refractivity contribution in [1.29, 1.82) is 0 Å². The van der Waals surface area contributed by atoms with E-state index in [1.165, 1.54) is 0 Å². The predicted molar refractivity (Wildman–Crippen MR) is 94.8 cm³/mol. The van der Waals surface area contributed by atoms with Crippen LogP contribution in [0.1, 0.15) is 22.8 Å². The zero-order chi connectivity index (χ0) is 18.9. The van der Waals surface area contributed by atoms with Crippen molar-refractivity contribution in [3.8, 4) is 11.8 Å². The minimum Gasteiger partial charge on any atom is -0.424 e. The number of nitrogens with zero attached hydrogens (tertiary/aromatic N) is 3. The van der Waals surface area contributed by atoms with Gasteiger partial charge < -0.3 is 9.26 Å². The lowest BCUT2D eigenvalue weighted by molar-refractivity contribution is 0.390. The molecule has 0 saturated heterocycles.